The fourth-order valence-corrected chi connectivity index (χ4v) is 1.54. The van der Waals surface area contributed by atoms with Gasteiger partial charge in [-0.1, -0.05) is 5.16 Å². The smallest absolute Gasteiger partial charge is 0.252 e. The van der Waals surface area contributed by atoms with Crippen LogP contribution in [0.2, 0.25) is 0 Å². The van der Waals surface area contributed by atoms with Crippen molar-refractivity contribution in [1.82, 2.24) is 10.2 Å². The van der Waals surface area contributed by atoms with Gasteiger partial charge < -0.3 is 4.52 Å². The third-order valence-electron chi connectivity index (χ3n) is 2.35. The molecule has 1 saturated heterocycles. The van der Waals surface area contributed by atoms with E-state index in [4.69, 9.17) is 4.84 Å². The molecule has 0 aromatic carbocycles. The molecule has 0 saturated carbocycles. The highest BCUT2D eigenvalue weighted by Crippen LogP contribution is 2.09. The predicted molar refractivity (Wildman–Crippen MR) is 51.7 cm³/mol. The number of aromatic nitrogens is 1. The summed E-state index contributed by atoms with van der Waals surface area (Å²) in [5, 5.41) is 5.14. The lowest BCUT2D eigenvalue weighted by Gasteiger charge is -2.18. The maximum atomic E-state index is 11.7. The first-order chi connectivity index (χ1) is 7.36. The Bertz CT molecular complexity index is 302. The topological polar surface area (TPSA) is 55.6 Å². The summed E-state index contributed by atoms with van der Waals surface area (Å²) in [6.07, 6.45) is 4.86. The van der Waals surface area contributed by atoms with Gasteiger partial charge in [0, 0.05) is 12.6 Å². The van der Waals surface area contributed by atoms with Crippen LogP contribution in [0.1, 0.15) is 25.0 Å². The fraction of sp³-hybridized carbons (Fsp3) is 0.600. The summed E-state index contributed by atoms with van der Waals surface area (Å²) >= 11 is 0. The van der Waals surface area contributed by atoms with Crippen molar-refractivity contribution in [1.29, 1.82) is 0 Å². The van der Waals surface area contributed by atoms with Gasteiger partial charge in [-0.15, -0.1) is 0 Å². The summed E-state index contributed by atoms with van der Waals surface area (Å²) in [6.45, 7) is 1.31. The van der Waals surface area contributed by atoms with Crippen LogP contribution in [0.3, 0.4) is 0 Å². The summed E-state index contributed by atoms with van der Waals surface area (Å²) in [7, 11) is 0. The van der Waals surface area contributed by atoms with Gasteiger partial charge in [0.1, 0.15) is 6.26 Å². The Balaban J connectivity index is 1.89. The minimum Gasteiger partial charge on any atom is -0.364 e. The van der Waals surface area contributed by atoms with Crippen LogP contribution in [0.25, 0.3) is 0 Å². The first kappa shape index (κ1) is 10.2. The highest BCUT2D eigenvalue weighted by molar-refractivity contribution is 5.77. The maximum Gasteiger partial charge on any atom is 0.252 e. The van der Waals surface area contributed by atoms with Gasteiger partial charge in [-0.05, 0) is 19.3 Å². The van der Waals surface area contributed by atoms with Gasteiger partial charge in [-0.2, -0.15) is 0 Å². The van der Waals surface area contributed by atoms with Crippen molar-refractivity contribution in [3.63, 3.8) is 0 Å². The van der Waals surface area contributed by atoms with Gasteiger partial charge in [-0.25, -0.2) is 5.06 Å². The second kappa shape index (κ2) is 4.93. The van der Waals surface area contributed by atoms with Crippen LogP contribution < -0.4 is 0 Å². The van der Waals surface area contributed by atoms with Crippen LogP contribution in [0.4, 0.5) is 0 Å². The van der Waals surface area contributed by atoms with Crippen LogP contribution in [0.15, 0.2) is 16.9 Å². The quantitative estimate of drug-likeness (QED) is 0.735. The van der Waals surface area contributed by atoms with Crippen LogP contribution >= 0.6 is 0 Å². The molecule has 0 unspecified atom stereocenters. The van der Waals surface area contributed by atoms with E-state index in [1.54, 1.807) is 6.07 Å². The SMILES string of the molecule is O=C(Cc1ccon1)N1CCCCCO1. The van der Waals surface area contributed by atoms with Crippen molar-refractivity contribution in [2.75, 3.05) is 13.2 Å². The Morgan fingerprint density at radius 3 is 3.20 bits per heavy atom. The zero-order valence-electron chi connectivity index (χ0n) is 8.52. The molecule has 5 heteroatoms. The van der Waals surface area contributed by atoms with Crippen molar-refractivity contribution < 1.29 is 14.2 Å². The van der Waals surface area contributed by atoms with Crippen molar-refractivity contribution >= 4 is 5.91 Å². The first-order valence-corrected chi connectivity index (χ1v) is 5.19. The van der Waals surface area contributed by atoms with Gasteiger partial charge in [0.15, 0.2) is 0 Å². The molecule has 1 amide bonds. The minimum absolute atomic E-state index is 0.0502. The molecule has 5 nitrogen and oxygen atoms in total. The maximum absolute atomic E-state index is 11.7. The molecule has 82 valence electrons. The Labute approximate surface area is 87.9 Å². The summed E-state index contributed by atoms with van der Waals surface area (Å²) in [5.41, 5.74) is 0.646. The summed E-state index contributed by atoms with van der Waals surface area (Å²) in [6, 6.07) is 1.69. The molecule has 1 aliphatic rings. The molecule has 0 bridgehead atoms. The fourth-order valence-electron chi connectivity index (χ4n) is 1.54. The van der Waals surface area contributed by atoms with Crippen LogP contribution in [-0.4, -0.2) is 29.3 Å². The van der Waals surface area contributed by atoms with E-state index in [-0.39, 0.29) is 12.3 Å². The van der Waals surface area contributed by atoms with E-state index in [0.29, 0.717) is 18.8 Å². The van der Waals surface area contributed by atoms with E-state index in [2.05, 4.69) is 9.68 Å². The van der Waals surface area contributed by atoms with Crippen molar-refractivity contribution in [2.24, 2.45) is 0 Å². The molecule has 1 aromatic rings. The molecule has 1 aromatic heterocycles. The lowest BCUT2D eigenvalue weighted by Crippen LogP contribution is -2.32. The lowest BCUT2D eigenvalue weighted by molar-refractivity contribution is -0.182. The number of rotatable bonds is 2. The minimum atomic E-state index is -0.0502. The zero-order chi connectivity index (χ0) is 10.5. The van der Waals surface area contributed by atoms with Gasteiger partial charge >= 0.3 is 0 Å². The standard InChI is InChI=1S/C10H14N2O3/c13-10(8-9-4-7-14-11-9)12-5-2-1-3-6-15-12/h4,7H,1-3,5-6,8H2. The molecular weight excluding hydrogens is 196 g/mol. The lowest BCUT2D eigenvalue weighted by atomic mass is 10.2. The molecule has 0 spiro atoms. The van der Waals surface area contributed by atoms with Gasteiger partial charge in [0.05, 0.1) is 18.7 Å². The van der Waals surface area contributed by atoms with E-state index in [1.807, 2.05) is 0 Å². The van der Waals surface area contributed by atoms with Crippen LogP contribution in [0, 0.1) is 0 Å². The third kappa shape index (κ3) is 2.79. The van der Waals surface area contributed by atoms with E-state index in [0.717, 1.165) is 19.3 Å². The first-order valence-electron chi connectivity index (χ1n) is 5.19. The number of nitrogens with zero attached hydrogens (tertiary/aromatic N) is 2. The zero-order valence-corrected chi connectivity index (χ0v) is 8.52. The average Bonchev–Trinajstić information content (AvgIpc) is 2.58. The Kier molecular flexibility index (Phi) is 3.34. The second-order valence-electron chi connectivity index (χ2n) is 3.56. The monoisotopic (exact) mass is 210 g/mol. The Hall–Kier alpha value is -1.36. The van der Waals surface area contributed by atoms with Gasteiger partial charge in [0.25, 0.3) is 5.91 Å². The molecule has 1 aliphatic heterocycles. The van der Waals surface area contributed by atoms with Gasteiger partial charge in [-0.3, -0.25) is 9.63 Å². The van der Waals surface area contributed by atoms with E-state index in [9.17, 15) is 4.79 Å². The predicted octanol–water partition coefficient (Wildman–Crippen LogP) is 1.16. The number of carbonyl (C=O) groups is 1. The number of carbonyl (C=O) groups excluding carboxylic acids is 1. The summed E-state index contributed by atoms with van der Waals surface area (Å²) < 4.78 is 4.67. The highest BCUT2D eigenvalue weighted by atomic mass is 16.7. The molecule has 0 aliphatic carbocycles. The van der Waals surface area contributed by atoms with Crippen LogP contribution in [-0.2, 0) is 16.1 Å². The molecule has 2 heterocycles. The van der Waals surface area contributed by atoms with E-state index < -0.39 is 0 Å². The summed E-state index contributed by atoms with van der Waals surface area (Å²) in [4.78, 5) is 17.1. The average molecular weight is 210 g/mol. The Morgan fingerprint density at radius 1 is 1.47 bits per heavy atom. The Morgan fingerprint density at radius 2 is 2.40 bits per heavy atom. The number of amides is 1. The van der Waals surface area contributed by atoms with Crippen LogP contribution in [0.5, 0.6) is 0 Å². The summed E-state index contributed by atoms with van der Waals surface area (Å²) in [5.74, 6) is -0.0502. The molecule has 0 N–H and O–H groups in total. The second-order valence-corrected chi connectivity index (χ2v) is 3.56. The van der Waals surface area contributed by atoms with Gasteiger partial charge in [0.2, 0.25) is 0 Å². The van der Waals surface area contributed by atoms with Crippen molar-refractivity contribution in [2.45, 2.75) is 25.7 Å². The highest BCUT2D eigenvalue weighted by Gasteiger charge is 2.17. The normalized spacial score (nSPS) is 17.5. The molecule has 0 radical (unpaired) electrons. The number of hydroxylamine groups is 2. The van der Waals surface area contributed by atoms with Crippen molar-refractivity contribution in [3.05, 3.63) is 18.0 Å². The molecule has 0 atom stereocenters. The number of hydrogen-bond acceptors (Lipinski definition) is 4. The third-order valence-corrected chi connectivity index (χ3v) is 2.35. The molecule has 15 heavy (non-hydrogen) atoms. The number of hydrogen-bond donors (Lipinski definition) is 0. The largest absolute Gasteiger partial charge is 0.364 e. The molecule has 2 rings (SSSR count). The molecule has 1 fully saturated rings. The van der Waals surface area contributed by atoms with Crippen molar-refractivity contribution in [3.8, 4) is 0 Å². The van der Waals surface area contributed by atoms with E-state index in [1.165, 1.54) is 11.3 Å². The molecular formula is C10H14N2O3. The van der Waals surface area contributed by atoms with E-state index >= 15 is 0 Å².